The summed E-state index contributed by atoms with van der Waals surface area (Å²) in [7, 11) is 0. The van der Waals surface area contributed by atoms with E-state index in [9.17, 15) is 4.79 Å². The van der Waals surface area contributed by atoms with Crippen LogP contribution in [0.1, 0.15) is 27.2 Å². The van der Waals surface area contributed by atoms with E-state index in [-0.39, 0.29) is 5.91 Å². The molecule has 0 bridgehead atoms. The fraction of sp³-hybridized carbons (Fsp3) is 0.185. The number of aromatic amines is 1. The molecule has 4 aromatic rings. The highest BCUT2D eigenvalue weighted by Crippen LogP contribution is 2.27. The van der Waals surface area contributed by atoms with Crippen molar-refractivity contribution in [2.45, 2.75) is 19.4 Å². The fourth-order valence-corrected chi connectivity index (χ4v) is 4.42. The van der Waals surface area contributed by atoms with Crippen LogP contribution in [0.15, 0.2) is 72.9 Å². The molecule has 6 heteroatoms. The van der Waals surface area contributed by atoms with Gasteiger partial charge in [-0.2, -0.15) is 0 Å². The largest absolute Gasteiger partial charge is 0.358 e. The number of halogens is 1. The average Bonchev–Trinajstić information content (AvgIpc) is 3.28. The zero-order chi connectivity index (χ0) is 22.6. The first-order valence-corrected chi connectivity index (χ1v) is 11.5. The summed E-state index contributed by atoms with van der Waals surface area (Å²) in [5, 5.41) is 7.18. The van der Waals surface area contributed by atoms with E-state index in [0.29, 0.717) is 6.54 Å². The van der Waals surface area contributed by atoms with Gasteiger partial charge in [-0.25, -0.2) is 0 Å². The van der Waals surface area contributed by atoms with E-state index < -0.39 is 0 Å². The summed E-state index contributed by atoms with van der Waals surface area (Å²) in [6.07, 6.45) is 3.58. The van der Waals surface area contributed by atoms with Gasteiger partial charge in [0.25, 0.3) is 5.91 Å². The molecule has 2 aromatic heterocycles. The average molecular weight is 457 g/mol. The van der Waals surface area contributed by atoms with Crippen LogP contribution in [0.2, 0.25) is 5.02 Å². The Morgan fingerprint density at radius 1 is 0.970 bits per heavy atom. The second-order valence-corrected chi connectivity index (χ2v) is 8.70. The van der Waals surface area contributed by atoms with Gasteiger partial charge in [-0.05, 0) is 60.5 Å². The quantitative estimate of drug-likeness (QED) is 0.342. The third-order valence-electron chi connectivity index (χ3n) is 5.91. The fourth-order valence-electron chi connectivity index (χ4n) is 4.20. The van der Waals surface area contributed by atoms with Crippen molar-refractivity contribution in [1.29, 1.82) is 0 Å². The van der Waals surface area contributed by atoms with Crippen LogP contribution >= 0.6 is 11.6 Å². The second kappa shape index (κ2) is 9.61. The van der Waals surface area contributed by atoms with Gasteiger partial charge in [0.05, 0.1) is 11.3 Å². The molecule has 5 nitrogen and oxygen atoms in total. The minimum absolute atomic E-state index is 0.0106. The van der Waals surface area contributed by atoms with Crippen LogP contribution in [0.5, 0.6) is 0 Å². The summed E-state index contributed by atoms with van der Waals surface area (Å²) < 4.78 is 0. The second-order valence-electron chi connectivity index (χ2n) is 8.27. The molecule has 0 fully saturated rings. The summed E-state index contributed by atoms with van der Waals surface area (Å²) in [6.45, 7) is 2.34. The van der Waals surface area contributed by atoms with Crippen molar-refractivity contribution < 1.29 is 4.79 Å². The minimum Gasteiger partial charge on any atom is -0.358 e. The van der Waals surface area contributed by atoms with E-state index in [1.165, 1.54) is 11.1 Å². The number of rotatable bonds is 7. The van der Waals surface area contributed by atoms with Gasteiger partial charge in [0.15, 0.2) is 0 Å². The number of nitrogens with zero attached hydrogens (tertiary/aromatic N) is 1. The van der Waals surface area contributed by atoms with Crippen LogP contribution in [0.3, 0.4) is 0 Å². The van der Waals surface area contributed by atoms with Crippen LogP contribution in [0.4, 0.5) is 0 Å². The van der Waals surface area contributed by atoms with Crippen molar-refractivity contribution in [2.75, 3.05) is 13.1 Å². The number of carbonyl (C=O) groups excluding carboxylic acids is 1. The third-order valence-corrected chi connectivity index (χ3v) is 6.14. The van der Waals surface area contributed by atoms with Gasteiger partial charge in [-0.1, -0.05) is 41.9 Å². The van der Waals surface area contributed by atoms with Crippen molar-refractivity contribution >= 4 is 17.5 Å². The molecule has 0 unspecified atom stereocenters. The third kappa shape index (κ3) is 5.00. The zero-order valence-corrected chi connectivity index (χ0v) is 19.0. The van der Waals surface area contributed by atoms with Gasteiger partial charge in [0, 0.05) is 53.2 Å². The predicted molar refractivity (Wildman–Crippen MR) is 132 cm³/mol. The molecule has 5 rings (SSSR count). The van der Waals surface area contributed by atoms with Crippen molar-refractivity contribution in [2.24, 2.45) is 0 Å². The molecule has 0 atom stereocenters. The Balaban J connectivity index is 1.27. The number of hydrogen-bond acceptors (Lipinski definition) is 3. The molecular weight excluding hydrogens is 432 g/mol. The summed E-state index contributed by atoms with van der Waals surface area (Å²) in [5.41, 5.74) is 8.11. The molecule has 0 saturated carbocycles. The van der Waals surface area contributed by atoms with Gasteiger partial charge in [-0.3, -0.25) is 9.78 Å². The maximum atomic E-state index is 12.1. The molecule has 1 aliphatic rings. The predicted octanol–water partition coefficient (Wildman–Crippen LogP) is 5.02. The van der Waals surface area contributed by atoms with E-state index in [2.05, 4.69) is 57.0 Å². The van der Waals surface area contributed by atoms with Crippen molar-refractivity contribution in [3.8, 4) is 22.5 Å². The Bertz CT molecular complexity index is 1300. The summed E-state index contributed by atoms with van der Waals surface area (Å²) in [4.78, 5) is 20.1. The van der Waals surface area contributed by atoms with E-state index >= 15 is 0 Å². The highest BCUT2D eigenvalue weighted by Gasteiger charge is 2.20. The number of carbonyl (C=O) groups is 1. The van der Waals surface area contributed by atoms with Crippen molar-refractivity contribution in [3.63, 3.8) is 0 Å². The van der Waals surface area contributed by atoms with Gasteiger partial charge in [0.2, 0.25) is 0 Å². The molecule has 3 heterocycles. The molecule has 0 radical (unpaired) electrons. The molecule has 0 aliphatic carbocycles. The zero-order valence-electron chi connectivity index (χ0n) is 18.2. The molecule has 0 spiro atoms. The Labute approximate surface area is 198 Å². The Morgan fingerprint density at radius 3 is 2.73 bits per heavy atom. The monoisotopic (exact) mass is 456 g/mol. The normalized spacial score (nSPS) is 12.9. The lowest BCUT2D eigenvalue weighted by atomic mass is 10.0. The van der Waals surface area contributed by atoms with Crippen LogP contribution in [0.25, 0.3) is 22.5 Å². The Kier molecular flexibility index (Phi) is 6.24. The first kappa shape index (κ1) is 21.4. The summed E-state index contributed by atoms with van der Waals surface area (Å²) in [6, 6.07) is 22.4. The van der Waals surface area contributed by atoms with E-state index in [0.717, 1.165) is 64.7 Å². The van der Waals surface area contributed by atoms with Gasteiger partial charge < -0.3 is 15.6 Å². The number of H-pyrrole nitrogens is 1. The molecule has 2 aromatic carbocycles. The first-order valence-electron chi connectivity index (χ1n) is 11.2. The smallest absolute Gasteiger partial charge is 0.253 e. The van der Waals surface area contributed by atoms with Gasteiger partial charge in [0.1, 0.15) is 0 Å². The number of fused-ring (bicyclic) bond motifs is 1. The van der Waals surface area contributed by atoms with Crippen molar-refractivity contribution in [3.05, 3.63) is 100 Å². The molecular formula is C27H25ClN4O. The van der Waals surface area contributed by atoms with Gasteiger partial charge >= 0.3 is 0 Å². The number of hydrogen-bond donors (Lipinski definition) is 3. The standard InChI is InChI=1S/C27H25ClN4O/c28-22-6-2-3-18(14-22)7-10-29-17-19-4-1-5-20(13-19)25-15-21(8-11-30-25)26-16-23-24(32-26)9-12-31-27(23)33/h1-6,8,11,13-16,29,32H,7,9-10,12,17H2,(H,31,33). The Hall–Kier alpha value is -3.41. The lowest BCUT2D eigenvalue weighted by molar-refractivity contribution is 0.0946. The lowest BCUT2D eigenvalue weighted by Gasteiger charge is -2.11. The maximum absolute atomic E-state index is 12.1. The lowest BCUT2D eigenvalue weighted by Crippen LogP contribution is -2.31. The van der Waals surface area contributed by atoms with Crippen LogP contribution in [-0.2, 0) is 19.4 Å². The maximum Gasteiger partial charge on any atom is 0.253 e. The van der Waals surface area contributed by atoms with Crippen molar-refractivity contribution in [1.82, 2.24) is 20.6 Å². The summed E-state index contributed by atoms with van der Waals surface area (Å²) >= 11 is 6.07. The topological polar surface area (TPSA) is 69.8 Å². The number of benzene rings is 2. The first-order chi connectivity index (χ1) is 16.2. The summed E-state index contributed by atoms with van der Waals surface area (Å²) in [5.74, 6) is -0.0106. The minimum atomic E-state index is -0.0106. The van der Waals surface area contributed by atoms with E-state index in [1.807, 2.05) is 36.5 Å². The highest BCUT2D eigenvalue weighted by molar-refractivity contribution is 6.30. The number of pyridine rings is 1. The molecule has 33 heavy (non-hydrogen) atoms. The Morgan fingerprint density at radius 2 is 1.85 bits per heavy atom. The molecule has 1 amide bonds. The SMILES string of the molecule is O=C1NCCc2[nH]c(-c3ccnc(-c4cccc(CNCCc5cccc(Cl)c5)c4)c3)cc21. The number of nitrogens with one attached hydrogen (secondary N) is 3. The molecule has 0 saturated heterocycles. The van der Waals surface area contributed by atoms with Crippen LogP contribution < -0.4 is 10.6 Å². The number of amides is 1. The highest BCUT2D eigenvalue weighted by atomic mass is 35.5. The van der Waals surface area contributed by atoms with Crippen LogP contribution in [-0.4, -0.2) is 29.0 Å². The molecule has 166 valence electrons. The number of aromatic nitrogens is 2. The van der Waals surface area contributed by atoms with E-state index in [1.54, 1.807) is 0 Å². The van der Waals surface area contributed by atoms with Crippen LogP contribution in [0, 0.1) is 0 Å². The molecule has 3 N–H and O–H groups in total. The van der Waals surface area contributed by atoms with Gasteiger partial charge in [-0.15, -0.1) is 0 Å². The molecule has 1 aliphatic heterocycles. The van der Waals surface area contributed by atoms with E-state index in [4.69, 9.17) is 11.6 Å².